The zero-order valence-corrected chi connectivity index (χ0v) is 14.8. The quantitative estimate of drug-likeness (QED) is 0.317. The van der Waals surface area contributed by atoms with E-state index in [2.05, 4.69) is 38.2 Å². The van der Waals surface area contributed by atoms with Gasteiger partial charge >= 0.3 is 0 Å². The smallest absolute Gasteiger partial charge is 0.157 e. The number of hydrogen-bond donors (Lipinski definition) is 0. The third-order valence-electron chi connectivity index (χ3n) is 4.06. The molecule has 1 rings (SSSR count). The minimum atomic E-state index is 0.0625. The summed E-state index contributed by atoms with van der Waals surface area (Å²) in [5.41, 5.74) is 0. The van der Waals surface area contributed by atoms with Crippen LogP contribution >= 0.6 is 0 Å². The molecule has 1 aliphatic rings. The zero-order valence-electron chi connectivity index (χ0n) is 14.8. The zero-order chi connectivity index (χ0) is 15.9. The fourth-order valence-electron chi connectivity index (χ4n) is 2.69. The van der Waals surface area contributed by atoms with Crippen molar-refractivity contribution in [1.29, 1.82) is 0 Å². The van der Waals surface area contributed by atoms with E-state index >= 15 is 0 Å². The van der Waals surface area contributed by atoms with Crippen molar-refractivity contribution in [3.63, 3.8) is 0 Å². The van der Waals surface area contributed by atoms with Crippen LogP contribution in [0.4, 0.5) is 0 Å². The van der Waals surface area contributed by atoms with E-state index in [1.165, 1.54) is 51.4 Å². The van der Waals surface area contributed by atoms with E-state index < -0.39 is 0 Å². The summed E-state index contributed by atoms with van der Waals surface area (Å²) in [6.07, 6.45) is 22.8. The van der Waals surface area contributed by atoms with Gasteiger partial charge in [-0.05, 0) is 58.3 Å². The van der Waals surface area contributed by atoms with Gasteiger partial charge in [0.15, 0.2) is 6.29 Å². The Labute approximate surface area is 138 Å². The first-order valence-corrected chi connectivity index (χ1v) is 9.40. The number of unbranched alkanes of at least 4 members (excludes halogenated alkanes) is 4. The van der Waals surface area contributed by atoms with Gasteiger partial charge in [0.1, 0.15) is 0 Å². The lowest BCUT2D eigenvalue weighted by molar-refractivity contribution is -0.185. The van der Waals surface area contributed by atoms with E-state index in [0.717, 1.165) is 25.9 Å². The van der Waals surface area contributed by atoms with Crippen LogP contribution in [-0.2, 0) is 9.47 Å². The first-order valence-electron chi connectivity index (χ1n) is 9.40. The second-order valence-electron chi connectivity index (χ2n) is 6.35. The Kier molecular flexibility index (Phi) is 12.4. The van der Waals surface area contributed by atoms with Crippen LogP contribution in [0.1, 0.15) is 84.5 Å². The van der Waals surface area contributed by atoms with Gasteiger partial charge in [-0.25, -0.2) is 0 Å². The van der Waals surface area contributed by atoms with Crippen molar-refractivity contribution >= 4 is 0 Å². The standard InChI is InChI=1S/C20H36O2/c1-3-4-5-6-7-8-9-10-11-12-13-16-19(2)22-20-17-14-15-18-21-20/h5-6,8-9,19-20H,3-4,7,10-18H2,1-2H3/b6-5-,9-8-. The maximum atomic E-state index is 5.94. The Hall–Kier alpha value is -0.600. The summed E-state index contributed by atoms with van der Waals surface area (Å²) >= 11 is 0. The lowest BCUT2D eigenvalue weighted by Gasteiger charge is -2.26. The molecule has 0 radical (unpaired) electrons. The van der Waals surface area contributed by atoms with Crippen molar-refractivity contribution in [3.05, 3.63) is 24.3 Å². The first kappa shape index (κ1) is 19.4. The number of rotatable bonds is 12. The molecule has 0 amide bonds. The second kappa shape index (κ2) is 14.0. The third kappa shape index (κ3) is 11.0. The van der Waals surface area contributed by atoms with E-state index in [4.69, 9.17) is 9.47 Å². The monoisotopic (exact) mass is 308 g/mol. The highest BCUT2D eigenvalue weighted by atomic mass is 16.7. The molecule has 2 unspecified atom stereocenters. The van der Waals surface area contributed by atoms with Crippen LogP contribution in [0.2, 0.25) is 0 Å². The van der Waals surface area contributed by atoms with E-state index in [1.807, 2.05) is 0 Å². The van der Waals surface area contributed by atoms with Gasteiger partial charge in [-0.3, -0.25) is 0 Å². The van der Waals surface area contributed by atoms with Crippen LogP contribution in [0.3, 0.4) is 0 Å². The predicted octanol–water partition coefficient (Wildman–Crippen LogP) is 6.17. The van der Waals surface area contributed by atoms with Crippen molar-refractivity contribution in [2.24, 2.45) is 0 Å². The molecular weight excluding hydrogens is 272 g/mol. The maximum absolute atomic E-state index is 5.94. The molecule has 0 aromatic heterocycles. The van der Waals surface area contributed by atoms with Crippen molar-refractivity contribution in [3.8, 4) is 0 Å². The molecule has 1 heterocycles. The SMILES string of the molecule is CCC/C=C\C/C=C\CCCCCC(C)OC1CCCCO1. The Bertz CT molecular complexity index is 290. The van der Waals surface area contributed by atoms with Crippen molar-refractivity contribution in [1.82, 2.24) is 0 Å². The summed E-state index contributed by atoms with van der Waals surface area (Å²) in [6.45, 7) is 5.27. The van der Waals surface area contributed by atoms with Crippen LogP contribution in [0, 0.1) is 0 Å². The molecule has 1 fully saturated rings. The highest BCUT2D eigenvalue weighted by Crippen LogP contribution is 2.17. The molecule has 2 heteroatoms. The molecule has 0 saturated carbocycles. The molecule has 0 aromatic rings. The number of allylic oxidation sites excluding steroid dienone is 4. The Morgan fingerprint density at radius 3 is 2.59 bits per heavy atom. The fraction of sp³-hybridized carbons (Fsp3) is 0.800. The summed E-state index contributed by atoms with van der Waals surface area (Å²) in [4.78, 5) is 0. The van der Waals surface area contributed by atoms with Crippen molar-refractivity contribution < 1.29 is 9.47 Å². The van der Waals surface area contributed by atoms with Gasteiger partial charge in [0.2, 0.25) is 0 Å². The molecule has 0 spiro atoms. The van der Waals surface area contributed by atoms with Crippen LogP contribution in [0.15, 0.2) is 24.3 Å². The molecule has 22 heavy (non-hydrogen) atoms. The average Bonchev–Trinajstić information content (AvgIpc) is 2.53. The summed E-state index contributed by atoms with van der Waals surface area (Å²) in [6, 6.07) is 0. The Morgan fingerprint density at radius 1 is 1.05 bits per heavy atom. The summed E-state index contributed by atoms with van der Waals surface area (Å²) in [7, 11) is 0. The van der Waals surface area contributed by atoms with E-state index in [9.17, 15) is 0 Å². The highest BCUT2D eigenvalue weighted by Gasteiger charge is 2.16. The van der Waals surface area contributed by atoms with Crippen molar-refractivity contribution in [2.45, 2.75) is 96.9 Å². The highest BCUT2D eigenvalue weighted by molar-refractivity contribution is 4.92. The lowest BCUT2D eigenvalue weighted by atomic mass is 10.1. The second-order valence-corrected chi connectivity index (χ2v) is 6.35. The lowest BCUT2D eigenvalue weighted by Crippen LogP contribution is -2.26. The van der Waals surface area contributed by atoms with E-state index in [0.29, 0.717) is 6.10 Å². The van der Waals surface area contributed by atoms with Crippen LogP contribution < -0.4 is 0 Å². The Balaban J connectivity index is 1.88. The number of ether oxygens (including phenoxy) is 2. The molecule has 1 saturated heterocycles. The average molecular weight is 309 g/mol. The van der Waals surface area contributed by atoms with Gasteiger partial charge in [-0.1, -0.05) is 50.5 Å². The molecule has 2 nitrogen and oxygen atoms in total. The predicted molar refractivity (Wildman–Crippen MR) is 95.0 cm³/mol. The fourth-order valence-corrected chi connectivity index (χ4v) is 2.69. The molecule has 0 N–H and O–H groups in total. The third-order valence-corrected chi connectivity index (χ3v) is 4.06. The van der Waals surface area contributed by atoms with Crippen LogP contribution in [0.25, 0.3) is 0 Å². The summed E-state index contributed by atoms with van der Waals surface area (Å²) in [5.74, 6) is 0. The molecule has 1 aliphatic heterocycles. The van der Waals surface area contributed by atoms with Gasteiger partial charge in [-0.15, -0.1) is 0 Å². The van der Waals surface area contributed by atoms with Gasteiger partial charge in [0.25, 0.3) is 0 Å². The molecule has 0 bridgehead atoms. The van der Waals surface area contributed by atoms with E-state index in [-0.39, 0.29) is 6.29 Å². The largest absolute Gasteiger partial charge is 0.353 e. The van der Waals surface area contributed by atoms with E-state index in [1.54, 1.807) is 0 Å². The van der Waals surface area contributed by atoms with Crippen molar-refractivity contribution in [2.75, 3.05) is 6.61 Å². The topological polar surface area (TPSA) is 18.5 Å². The molecule has 0 aliphatic carbocycles. The van der Waals surface area contributed by atoms with Crippen LogP contribution in [0.5, 0.6) is 0 Å². The maximum Gasteiger partial charge on any atom is 0.157 e. The Morgan fingerprint density at radius 2 is 1.86 bits per heavy atom. The normalized spacial score (nSPS) is 20.9. The van der Waals surface area contributed by atoms with Crippen LogP contribution in [-0.4, -0.2) is 19.0 Å². The minimum Gasteiger partial charge on any atom is -0.353 e. The van der Waals surface area contributed by atoms with Gasteiger partial charge < -0.3 is 9.47 Å². The molecule has 2 atom stereocenters. The number of hydrogen-bond acceptors (Lipinski definition) is 2. The minimum absolute atomic E-state index is 0.0625. The van der Waals surface area contributed by atoms with Gasteiger partial charge in [0, 0.05) is 6.61 Å². The molecule has 128 valence electrons. The molecule has 0 aromatic carbocycles. The van der Waals surface area contributed by atoms with Gasteiger partial charge in [-0.2, -0.15) is 0 Å². The first-order chi connectivity index (χ1) is 10.8. The summed E-state index contributed by atoms with van der Waals surface area (Å²) < 4.78 is 11.6. The summed E-state index contributed by atoms with van der Waals surface area (Å²) in [5, 5.41) is 0. The van der Waals surface area contributed by atoms with Gasteiger partial charge in [0.05, 0.1) is 6.10 Å². The molecular formula is C20H36O2.